The Bertz CT molecular complexity index is 1140. The zero-order valence-corrected chi connectivity index (χ0v) is 20.1. The molecule has 3 N–H and O–H groups in total. The molecule has 0 radical (unpaired) electrons. The first kappa shape index (κ1) is 25.2. The first-order valence-electron chi connectivity index (χ1n) is 11.4. The Morgan fingerprint density at radius 1 is 1.06 bits per heavy atom. The third kappa shape index (κ3) is 6.56. The molecule has 1 aliphatic rings. The van der Waals surface area contributed by atoms with Gasteiger partial charge in [0.2, 0.25) is 5.91 Å². The summed E-state index contributed by atoms with van der Waals surface area (Å²) < 4.78 is 0. The molecule has 1 aromatic heterocycles. The molecule has 1 saturated carbocycles. The largest absolute Gasteiger partial charge is 0.325 e. The van der Waals surface area contributed by atoms with Gasteiger partial charge in [0.15, 0.2) is 0 Å². The smallest absolute Gasteiger partial charge is 0.272 e. The summed E-state index contributed by atoms with van der Waals surface area (Å²) in [7, 11) is 0. The summed E-state index contributed by atoms with van der Waals surface area (Å²) in [5.74, 6) is -0.0546. The average molecular weight is 489 g/mol. The van der Waals surface area contributed by atoms with Gasteiger partial charge in [-0.25, -0.2) is 5.10 Å². The predicted molar refractivity (Wildman–Crippen MR) is 137 cm³/mol. The van der Waals surface area contributed by atoms with Gasteiger partial charge < -0.3 is 10.6 Å². The Morgan fingerprint density at radius 3 is 2.61 bits per heavy atom. The van der Waals surface area contributed by atoms with Crippen LogP contribution in [0.1, 0.15) is 51.4 Å². The first-order valence-corrected chi connectivity index (χ1v) is 11.8. The minimum Gasteiger partial charge on any atom is -0.325 e. The van der Waals surface area contributed by atoms with Gasteiger partial charge in [-0.3, -0.25) is 9.59 Å². The Balaban J connectivity index is 0.00000306. The second-order valence-corrected chi connectivity index (χ2v) is 8.84. The van der Waals surface area contributed by atoms with Crippen LogP contribution in [-0.4, -0.2) is 28.7 Å². The maximum atomic E-state index is 12.5. The summed E-state index contributed by atoms with van der Waals surface area (Å²) in [5.41, 5.74) is 1.73. The fourth-order valence-electron chi connectivity index (χ4n) is 4.34. The lowest BCUT2D eigenvalue weighted by atomic mass is 9.95. The number of carbonyl (C=O) groups excluding carboxylic acids is 1. The highest BCUT2D eigenvalue weighted by Crippen LogP contribution is 2.30. The second-order valence-electron chi connectivity index (χ2n) is 8.44. The SMILES string of the molecule is Cl.O=C(CCCCNC1CCCCC1)Nc1cc(-c2n[nH]c(=O)c3ccccc23)ccc1Cl. The number of anilines is 1. The lowest BCUT2D eigenvalue weighted by Crippen LogP contribution is -2.31. The number of halogens is 2. The zero-order chi connectivity index (χ0) is 22.3. The average Bonchev–Trinajstić information content (AvgIpc) is 2.81. The van der Waals surface area contributed by atoms with Crippen molar-refractivity contribution in [3.05, 3.63) is 57.8 Å². The monoisotopic (exact) mass is 488 g/mol. The molecule has 1 heterocycles. The van der Waals surface area contributed by atoms with Gasteiger partial charge in [-0.15, -0.1) is 12.4 Å². The number of nitrogens with one attached hydrogen (secondary N) is 3. The topological polar surface area (TPSA) is 86.9 Å². The van der Waals surface area contributed by atoms with Gasteiger partial charge in [-0.2, -0.15) is 5.10 Å². The van der Waals surface area contributed by atoms with Gasteiger partial charge >= 0.3 is 0 Å². The van der Waals surface area contributed by atoms with Crippen molar-refractivity contribution in [2.45, 2.75) is 57.4 Å². The molecule has 0 unspecified atom stereocenters. The van der Waals surface area contributed by atoms with E-state index >= 15 is 0 Å². The van der Waals surface area contributed by atoms with Crippen LogP contribution in [0, 0.1) is 0 Å². The molecule has 0 spiro atoms. The van der Waals surface area contributed by atoms with E-state index in [4.69, 9.17) is 11.6 Å². The van der Waals surface area contributed by atoms with E-state index in [0.717, 1.165) is 30.3 Å². The third-order valence-electron chi connectivity index (χ3n) is 6.08. The molecule has 8 heteroatoms. The van der Waals surface area contributed by atoms with E-state index in [0.29, 0.717) is 34.3 Å². The number of hydrogen-bond acceptors (Lipinski definition) is 4. The maximum absolute atomic E-state index is 12.5. The van der Waals surface area contributed by atoms with E-state index in [1.165, 1.54) is 32.1 Å². The number of carbonyl (C=O) groups is 1. The standard InChI is InChI=1S/C25H29ClN4O2.ClH/c26-21-14-13-17(24-19-10-4-5-11-20(19)25(32)30-29-24)16-22(21)28-23(31)12-6-7-15-27-18-8-2-1-3-9-18;/h4-5,10-11,13-14,16,18,27H,1-3,6-9,12,15H2,(H,28,31)(H,30,32);1H. The highest BCUT2D eigenvalue weighted by molar-refractivity contribution is 6.33. The molecule has 176 valence electrons. The van der Waals surface area contributed by atoms with Gasteiger partial charge in [0.05, 0.1) is 21.8 Å². The molecule has 0 aliphatic heterocycles. The van der Waals surface area contributed by atoms with Crippen LogP contribution >= 0.6 is 24.0 Å². The highest BCUT2D eigenvalue weighted by atomic mass is 35.5. The van der Waals surface area contributed by atoms with E-state index in [1.54, 1.807) is 18.2 Å². The van der Waals surface area contributed by atoms with Crippen molar-refractivity contribution in [2.75, 3.05) is 11.9 Å². The number of nitrogens with zero attached hydrogens (tertiary/aromatic N) is 1. The van der Waals surface area contributed by atoms with E-state index in [1.807, 2.05) is 24.3 Å². The van der Waals surface area contributed by atoms with Crippen LogP contribution in [0.5, 0.6) is 0 Å². The van der Waals surface area contributed by atoms with Crippen molar-refractivity contribution in [1.82, 2.24) is 15.5 Å². The number of aromatic nitrogens is 2. The molecule has 0 atom stereocenters. The number of aromatic amines is 1. The van der Waals surface area contributed by atoms with E-state index in [2.05, 4.69) is 20.8 Å². The predicted octanol–water partition coefficient (Wildman–Crippen LogP) is 5.70. The summed E-state index contributed by atoms with van der Waals surface area (Å²) in [6.07, 6.45) is 8.81. The number of H-pyrrole nitrogens is 1. The van der Waals surface area contributed by atoms with Gasteiger partial charge in [0, 0.05) is 23.4 Å². The molecule has 6 nitrogen and oxygen atoms in total. The number of fused-ring (bicyclic) bond motifs is 1. The number of benzene rings is 2. The lowest BCUT2D eigenvalue weighted by Gasteiger charge is -2.22. The Kier molecular flexibility index (Phi) is 9.30. The molecule has 33 heavy (non-hydrogen) atoms. The molecule has 2 aromatic carbocycles. The summed E-state index contributed by atoms with van der Waals surface area (Å²) >= 11 is 6.34. The van der Waals surface area contributed by atoms with Crippen LogP contribution in [0.25, 0.3) is 22.0 Å². The molecular weight excluding hydrogens is 459 g/mol. The first-order chi connectivity index (χ1) is 15.6. The second kappa shape index (κ2) is 12.2. The molecule has 0 saturated heterocycles. The highest BCUT2D eigenvalue weighted by Gasteiger charge is 2.13. The van der Waals surface area contributed by atoms with Crippen molar-refractivity contribution < 1.29 is 4.79 Å². The minimum atomic E-state index is -0.232. The van der Waals surface area contributed by atoms with E-state index in [-0.39, 0.29) is 23.9 Å². The Morgan fingerprint density at radius 2 is 1.82 bits per heavy atom. The molecule has 1 amide bonds. The normalized spacial score (nSPS) is 14.1. The molecule has 1 fully saturated rings. The van der Waals surface area contributed by atoms with Gasteiger partial charge in [-0.1, -0.05) is 55.1 Å². The zero-order valence-electron chi connectivity index (χ0n) is 18.5. The molecule has 4 rings (SSSR count). The molecule has 3 aromatic rings. The third-order valence-corrected chi connectivity index (χ3v) is 6.41. The van der Waals surface area contributed by atoms with E-state index in [9.17, 15) is 9.59 Å². The van der Waals surface area contributed by atoms with Crippen molar-refractivity contribution in [3.8, 4) is 11.3 Å². The van der Waals surface area contributed by atoms with Crippen LogP contribution in [0.4, 0.5) is 5.69 Å². The van der Waals surface area contributed by atoms with Crippen molar-refractivity contribution >= 4 is 46.4 Å². The van der Waals surface area contributed by atoms with Gasteiger partial charge in [0.1, 0.15) is 0 Å². The van der Waals surface area contributed by atoms with Crippen LogP contribution in [0.3, 0.4) is 0 Å². The van der Waals surface area contributed by atoms with Crippen LogP contribution in [-0.2, 0) is 4.79 Å². The van der Waals surface area contributed by atoms with Crippen molar-refractivity contribution in [2.24, 2.45) is 0 Å². The van der Waals surface area contributed by atoms with Gasteiger partial charge in [0.25, 0.3) is 5.56 Å². The number of unbranched alkanes of at least 4 members (excludes halogenated alkanes) is 1. The number of amides is 1. The maximum Gasteiger partial charge on any atom is 0.272 e. The van der Waals surface area contributed by atoms with Crippen molar-refractivity contribution in [3.63, 3.8) is 0 Å². The summed E-state index contributed by atoms with van der Waals surface area (Å²) in [6, 6.07) is 13.3. The van der Waals surface area contributed by atoms with E-state index < -0.39 is 0 Å². The fourth-order valence-corrected chi connectivity index (χ4v) is 4.50. The van der Waals surface area contributed by atoms with Crippen LogP contribution in [0.2, 0.25) is 5.02 Å². The van der Waals surface area contributed by atoms with Gasteiger partial charge in [-0.05, 0) is 50.4 Å². The molecule has 0 bridgehead atoms. The Hall–Kier alpha value is -2.41. The summed E-state index contributed by atoms with van der Waals surface area (Å²) in [6.45, 7) is 0.957. The number of rotatable bonds is 8. The fraction of sp³-hybridized carbons (Fsp3) is 0.400. The quantitative estimate of drug-likeness (QED) is 0.355. The van der Waals surface area contributed by atoms with Crippen molar-refractivity contribution in [1.29, 1.82) is 0 Å². The summed E-state index contributed by atoms with van der Waals surface area (Å²) in [4.78, 5) is 24.5. The lowest BCUT2D eigenvalue weighted by molar-refractivity contribution is -0.116. The Labute approximate surface area is 204 Å². The van der Waals surface area contributed by atoms with Crippen LogP contribution in [0.15, 0.2) is 47.3 Å². The molecule has 1 aliphatic carbocycles. The minimum absolute atomic E-state index is 0. The summed E-state index contributed by atoms with van der Waals surface area (Å²) in [5, 5.41) is 15.1. The molecular formula is C25H30Cl2N4O2. The number of hydrogen-bond donors (Lipinski definition) is 3. The van der Waals surface area contributed by atoms with Crippen LogP contribution < -0.4 is 16.2 Å².